The van der Waals surface area contributed by atoms with E-state index in [2.05, 4.69) is 46.3 Å². The van der Waals surface area contributed by atoms with E-state index in [4.69, 9.17) is 0 Å². The second-order valence-electron chi connectivity index (χ2n) is 8.34. The number of hydrogen-bond acceptors (Lipinski definition) is 5. The molecule has 28 heavy (non-hydrogen) atoms. The van der Waals surface area contributed by atoms with Crippen LogP contribution in [0.2, 0.25) is 0 Å². The maximum atomic E-state index is 13.3. The molecular weight excluding hydrogens is 352 g/mol. The minimum atomic E-state index is 0.0169. The molecule has 0 N–H and O–H groups in total. The molecule has 2 aliphatic heterocycles. The lowest BCUT2D eigenvalue weighted by atomic mass is 9.84. The minimum absolute atomic E-state index is 0.0169. The average molecular weight is 383 g/mol. The lowest BCUT2D eigenvalue weighted by Gasteiger charge is -2.52. The van der Waals surface area contributed by atoms with Gasteiger partial charge in [0.05, 0.1) is 12.2 Å². The number of carbonyl (C=O) groups is 1. The Morgan fingerprint density at radius 2 is 1.79 bits per heavy atom. The molecule has 3 heterocycles. The minimum Gasteiger partial charge on any atom is -0.334 e. The van der Waals surface area contributed by atoms with E-state index in [1.807, 2.05) is 34.7 Å². The first-order chi connectivity index (χ1) is 13.5. The summed E-state index contributed by atoms with van der Waals surface area (Å²) < 4.78 is 1.82. The number of likely N-dealkylation sites (tertiary alicyclic amines) is 1. The van der Waals surface area contributed by atoms with E-state index in [-0.39, 0.29) is 11.4 Å². The zero-order valence-electron chi connectivity index (χ0n) is 17.1. The fourth-order valence-corrected chi connectivity index (χ4v) is 4.43. The van der Waals surface area contributed by atoms with Crippen LogP contribution in [0.4, 0.5) is 0 Å². The van der Waals surface area contributed by atoms with Crippen LogP contribution in [0.3, 0.4) is 0 Å². The van der Waals surface area contributed by atoms with Gasteiger partial charge in [0.15, 0.2) is 5.69 Å². The highest BCUT2D eigenvalue weighted by molar-refractivity contribution is 5.93. The number of piperidine rings is 1. The predicted octanol–water partition coefficient (Wildman–Crippen LogP) is 1.49. The first-order valence-electron chi connectivity index (χ1n) is 10.1. The van der Waals surface area contributed by atoms with Crippen LogP contribution < -0.4 is 0 Å². The molecule has 0 aliphatic carbocycles. The molecule has 0 bridgehead atoms. The second-order valence-corrected chi connectivity index (χ2v) is 8.34. The van der Waals surface area contributed by atoms with Gasteiger partial charge in [-0.1, -0.05) is 35.5 Å². The normalized spacial score (nSPS) is 20.6. The van der Waals surface area contributed by atoms with Gasteiger partial charge < -0.3 is 9.80 Å². The molecule has 4 rings (SSSR count). The van der Waals surface area contributed by atoms with Crippen LogP contribution in [0, 0.1) is 6.92 Å². The summed E-state index contributed by atoms with van der Waals surface area (Å²) in [6.45, 7) is 7.17. The van der Waals surface area contributed by atoms with Crippen molar-refractivity contribution in [3.05, 3.63) is 47.3 Å². The van der Waals surface area contributed by atoms with Crippen molar-refractivity contribution in [1.29, 1.82) is 0 Å². The molecular formula is C21H30N6O. The molecule has 0 saturated carbocycles. The molecule has 1 aromatic heterocycles. The number of piperazine rings is 1. The van der Waals surface area contributed by atoms with E-state index < -0.39 is 0 Å². The molecule has 150 valence electrons. The molecule has 1 aromatic carbocycles. The van der Waals surface area contributed by atoms with Crippen molar-refractivity contribution in [2.75, 3.05) is 46.8 Å². The Hall–Kier alpha value is -2.25. The zero-order valence-corrected chi connectivity index (χ0v) is 17.1. The molecule has 1 amide bonds. The lowest BCUT2D eigenvalue weighted by molar-refractivity contribution is -0.0172. The maximum absolute atomic E-state index is 13.3. The van der Waals surface area contributed by atoms with Crippen LogP contribution in [0.5, 0.6) is 0 Å². The Morgan fingerprint density at radius 1 is 1.07 bits per heavy atom. The van der Waals surface area contributed by atoms with E-state index in [1.54, 1.807) is 0 Å². The van der Waals surface area contributed by atoms with E-state index in [0.717, 1.165) is 56.8 Å². The van der Waals surface area contributed by atoms with Gasteiger partial charge in [-0.15, -0.1) is 5.10 Å². The number of nitrogens with zero attached hydrogens (tertiary/aromatic N) is 6. The maximum Gasteiger partial charge on any atom is 0.276 e. The number of hydrogen-bond donors (Lipinski definition) is 0. The molecule has 0 atom stereocenters. The first kappa shape index (κ1) is 19.1. The molecule has 0 unspecified atom stereocenters. The molecule has 1 spiro atoms. The SMILES string of the molecule is Cc1c(C(=O)N2CCN(C)C3(CCN(C)CC3)C2)nnn1Cc1ccccc1. The Bertz CT molecular complexity index is 825. The van der Waals surface area contributed by atoms with Gasteiger partial charge >= 0.3 is 0 Å². The van der Waals surface area contributed by atoms with Gasteiger partial charge in [0.1, 0.15) is 0 Å². The summed E-state index contributed by atoms with van der Waals surface area (Å²) in [5.74, 6) is 0.0169. The Labute approximate surface area is 166 Å². The van der Waals surface area contributed by atoms with E-state index >= 15 is 0 Å². The number of rotatable bonds is 3. The van der Waals surface area contributed by atoms with Crippen LogP contribution in [-0.4, -0.2) is 88.0 Å². The summed E-state index contributed by atoms with van der Waals surface area (Å²) in [5, 5.41) is 8.51. The molecule has 2 fully saturated rings. The quantitative estimate of drug-likeness (QED) is 0.805. The fourth-order valence-electron chi connectivity index (χ4n) is 4.43. The van der Waals surface area contributed by atoms with E-state index in [1.165, 1.54) is 0 Å². The van der Waals surface area contributed by atoms with Crippen molar-refractivity contribution >= 4 is 5.91 Å². The van der Waals surface area contributed by atoms with Crippen molar-refractivity contribution in [2.24, 2.45) is 0 Å². The summed E-state index contributed by atoms with van der Waals surface area (Å²) >= 11 is 0. The van der Waals surface area contributed by atoms with E-state index in [9.17, 15) is 4.79 Å². The predicted molar refractivity (Wildman–Crippen MR) is 108 cm³/mol. The third-order valence-corrected chi connectivity index (χ3v) is 6.57. The van der Waals surface area contributed by atoms with Gasteiger partial charge in [-0.25, -0.2) is 4.68 Å². The molecule has 7 nitrogen and oxygen atoms in total. The molecule has 7 heteroatoms. The first-order valence-corrected chi connectivity index (χ1v) is 10.1. The van der Waals surface area contributed by atoms with Crippen molar-refractivity contribution in [3.8, 4) is 0 Å². The highest BCUT2D eigenvalue weighted by Crippen LogP contribution is 2.31. The third-order valence-electron chi connectivity index (χ3n) is 6.57. The van der Waals surface area contributed by atoms with Crippen LogP contribution >= 0.6 is 0 Å². The Morgan fingerprint density at radius 3 is 2.50 bits per heavy atom. The van der Waals surface area contributed by atoms with Crippen LogP contribution in [0.1, 0.15) is 34.6 Å². The number of amides is 1. The number of benzene rings is 1. The molecule has 2 saturated heterocycles. The summed E-state index contributed by atoms with van der Waals surface area (Å²) in [7, 11) is 4.38. The standard InChI is InChI=1S/C21H30N6O/c1-17-19(22-23-27(17)15-18-7-5-4-6-8-18)20(28)26-14-13-25(3)21(16-26)9-11-24(2)12-10-21/h4-8H,9-16H2,1-3H3. The van der Waals surface area contributed by atoms with E-state index in [0.29, 0.717) is 12.2 Å². The summed E-state index contributed by atoms with van der Waals surface area (Å²) in [6, 6.07) is 10.1. The summed E-state index contributed by atoms with van der Waals surface area (Å²) in [5.41, 5.74) is 2.57. The highest BCUT2D eigenvalue weighted by atomic mass is 16.2. The fraction of sp³-hybridized carbons (Fsp3) is 0.571. The van der Waals surface area contributed by atoms with Gasteiger partial charge in [0.25, 0.3) is 5.91 Å². The summed E-state index contributed by atoms with van der Waals surface area (Å²) in [4.78, 5) is 20.1. The monoisotopic (exact) mass is 382 g/mol. The number of carbonyl (C=O) groups excluding carboxylic acids is 1. The Balaban J connectivity index is 1.50. The second kappa shape index (κ2) is 7.64. The van der Waals surface area contributed by atoms with Crippen molar-refractivity contribution in [3.63, 3.8) is 0 Å². The van der Waals surface area contributed by atoms with Crippen LogP contribution in [0.25, 0.3) is 0 Å². The summed E-state index contributed by atoms with van der Waals surface area (Å²) in [6.07, 6.45) is 2.20. The lowest BCUT2D eigenvalue weighted by Crippen LogP contribution is -2.65. The molecule has 0 radical (unpaired) electrons. The van der Waals surface area contributed by atoms with Crippen molar-refractivity contribution in [1.82, 2.24) is 29.7 Å². The van der Waals surface area contributed by atoms with Crippen LogP contribution in [-0.2, 0) is 6.54 Å². The van der Waals surface area contributed by atoms with Gasteiger partial charge in [-0.2, -0.15) is 0 Å². The number of aromatic nitrogens is 3. The van der Waals surface area contributed by atoms with Crippen molar-refractivity contribution < 1.29 is 4.79 Å². The van der Waals surface area contributed by atoms with Crippen LogP contribution in [0.15, 0.2) is 30.3 Å². The van der Waals surface area contributed by atoms with Gasteiger partial charge in [-0.3, -0.25) is 9.69 Å². The van der Waals surface area contributed by atoms with Gasteiger partial charge in [0.2, 0.25) is 0 Å². The third kappa shape index (κ3) is 3.56. The van der Waals surface area contributed by atoms with Gasteiger partial charge in [0, 0.05) is 25.2 Å². The van der Waals surface area contributed by atoms with Crippen molar-refractivity contribution in [2.45, 2.75) is 31.8 Å². The average Bonchev–Trinajstić information content (AvgIpc) is 3.07. The van der Waals surface area contributed by atoms with Gasteiger partial charge in [-0.05, 0) is 52.5 Å². The molecule has 2 aliphatic rings. The topological polar surface area (TPSA) is 57.5 Å². The highest BCUT2D eigenvalue weighted by Gasteiger charge is 2.43. The molecule has 2 aromatic rings. The number of likely N-dealkylation sites (N-methyl/N-ethyl adjacent to an activating group) is 1. The zero-order chi connectivity index (χ0) is 19.7. The smallest absolute Gasteiger partial charge is 0.276 e. The Kier molecular flexibility index (Phi) is 5.21. The largest absolute Gasteiger partial charge is 0.334 e.